The molecule has 0 spiro atoms. The van der Waals surface area contributed by atoms with Gasteiger partial charge in [-0.15, -0.1) is 0 Å². The highest BCUT2D eigenvalue weighted by molar-refractivity contribution is 7.90. The average Bonchev–Trinajstić information content (AvgIpc) is 2.82. The Kier molecular flexibility index (Phi) is 4.09. The van der Waals surface area contributed by atoms with Crippen molar-refractivity contribution >= 4 is 26.9 Å². The summed E-state index contributed by atoms with van der Waals surface area (Å²) in [6.45, 7) is 1.87. The molecule has 3 rings (SSSR count). The molecule has 0 heterocycles. The molecule has 0 bridgehead atoms. The van der Waals surface area contributed by atoms with Crippen molar-refractivity contribution < 1.29 is 12.8 Å². The Morgan fingerprint density at radius 2 is 2.04 bits per heavy atom. The maximum Gasteiger partial charge on any atom is 0.176 e. The number of anilines is 2. The van der Waals surface area contributed by atoms with Crippen molar-refractivity contribution in [3.8, 4) is 6.07 Å². The fourth-order valence-electron chi connectivity index (χ4n) is 3.10. The zero-order chi connectivity index (χ0) is 18.4. The molecule has 1 atom stereocenters. The van der Waals surface area contributed by atoms with Crippen LogP contribution in [0.3, 0.4) is 0 Å². The van der Waals surface area contributed by atoms with Gasteiger partial charge in [-0.05, 0) is 42.3 Å². The Hall–Kier alpha value is -2.72. The second-order valence-corrected chi connectivity index (χ2v) is 8.21. The van der Waals surface area contributed by atoms with Gasteiger partial charge in [0.05, 0.1) is 16.5 Å². The van der Waals surface area contributed by atoms with Crippen LogP contribution in [0.5, 0.6) is 0 Å². The van der Waals surface area contributed by atoms with Gasteiger partial charge in [0.25, 0.3) is 0 Å². The number of sulfone groups is 1. The highest BCUT2D eigenvalue weighted by Crippen LogP contribution is 2.37. The number of halogens is 1. The molecule has 25 heavy (non-hydrogen) atoms. The first-order chi connectivity index (χ1) is 11.7. The Balaban J connectivity index is 2.13. The van der Waals surface area contributed by atoms with Gasteiger partial charge < -0.3 is 10.7 Å². The fraction of sp³-hybridized carbons (Fsp3) is 0.222. The van der Waals surface area contributed by atoms with E-state index in [9.17, 15) is 12.8 Å². The lowest BCUT2D eigenvalue weighted by Gasteiger charge is -2.14. The van der Waals surface area contributed by atoms with Gasteiger partial charge in [0.15, 0.2) is 9.84 Å². The number of fused-ring (bicyclic) bond motifs is 1. The predicted molar refractivity (Wildman–Crippen MR) is 93.6 cm³/mol. The molecule has 0 fully saturated rings. The SMILES string of the molecule is CC1Cc2c(Nc3cc(F)cc(C#N)c3)ccc(S(C)(=O)=O)c2C1=N. The zero-order valence-electron chi connectivity index (χ0n) is 13.7. The normalized spacial score (nSPS) is 16.4. The Morgan fingerprint density at radius 1 is 1.32 bits per heavy atom. The summed E-state index contributed by atoms with van der Waals surface area (Å²) in [5.41, 5.74) is 2.65. The smallest absolute Gasteiger partial charge is 0.176 e. The molecule has 0 aromatic heterocycles. The van der Waals surface area contributed by atoms with Crippen LogP contribution in [0.1, 0.15) is 23.6 Å². The maximum atomic E-state index is 13.6. The monoisotopic (exact) mass is 357 g/mol. The number of nitrogens with one attached hydrogen (secondary N) is 2. The summed E-state index contributed by atoms with van der Waals surface area (Å²) < 4.78 is 37.7. The lowest BCUT2D eigenvalue weighted by atomic mass is 10.1. The largest absolute Gasteiger partial charge is 0.355 e. The summed E-state index contributed by atoms with van der Waals surface area (Å²) in [7, 11) is -3.46. The van der Waals surface area contributed by atoms with Gasteiger partial charge in [0.1, 0.15) is 5.82 Å². The first-order valence-corrected chi connectivity index (χ1v) is 9.52. The molecule has 1 aliphatic rings. The molecule has 0 aliphatic heterocycles. The molecule has 0 saturated carbocycles. The van der Waals surface area contributed by atoms with Crippen molar-refractivity contribution in [2.75, 3.05) is 11.6 Å². The van der Waals surface area contributed by atoms with Crippen LogP contribution in [0.25, 0.3) is 0 Å². The van der Waals surface area contributed by atoms with Crippen LogP contribution in [0.2, 0.25) is 0 Å². The van der Waals surface area contributed by atoms with Crippen LogP contribution >= 0.6 is 0 Å². The standard InChI is InChI=1S/C18H16FN3O2S/c1-10-5-14-15(22-13-7-11(9-20)6-12(19)8-13)3-4-16(25(2,23)24)17(14)18(10)21/h3-4,6-8,10,21-22H,5H2,1-2H3. The third kappa shape index (κ3) is 3.13. The van der Waals surface area contributed by atoms with Crippen LogP contribution in [-0.4, -0.2) is 20.4 Å². The minimum atomic E-state index is -3.46. The van der Waals surface area contributed by atoms with Crippen molar-refractivity contribution in [3.63, 3.8) is 0 Å². The van der Waals surface area contributed by atoms with Gasteiger partial charge in [-0.2, -0.15) is 5.26 Å². The topological polar surface area (TPSA) is 93.8 Å². The molecule has 2 aromatic carbocycles. The van der Waals surface area contributed by atoms with Gasteiger partial charge in [0.2, 0.25) is 0 Å². The van der Waals surface area contributed by atoms with Crippen LogP contribution in [0, 0.1) is 28.5 Å². The number of rotatable bonds is 3. The molecular formula is C18H16FN3O2S. The summed E-state index contributed by atoms with van der Waals surface area (Å²) in [5, 5.41) is 20.3. The molecule has 2 N–H and O–H groups in total. The highest BCUT2D eigenvalue weighted by Gasteiger charge is 2.31. The molecule has 128 valence electrons. The average molecular weight is 357 g/mol. The van der Waals surface area contributed by atoms with E-state index in [-0.39, 0.29) is 22.1 Å². The molecule has 1 aliphatic carbocycles. The molecule has 5 nitrogen and oxygen atoms in total. The number of benzene rings is 2. The van der Waals surface area contributed by atoms with E-state index in [1.54, 1.807) is 6.07 Å². The van der Waals surface area contributed by atoms with E-state index in [1.165, 1.54) is 18.2 Å². The summed E-state index contributed by atoms with van der Waals surface area (Å²) in [5.74, 6) is -0.632. The number of hydrogen-bond donors (Lipinski definition) is 2. The molecule has 1 unspecified atom stereocenters. The summed E-state index contributed by atoms with van der Waals surface area (Å²) in [6, 6.07) is 8.91. The molecule has 0 saturated heterocycles. The first-order valence-electron chi connectivity index (χ1n) is 7.63. The summed E-state index contributed by atoms with van der Waals surface area (Å²) >= 11 is 0. The van der Waals surface area contributed by atoms with E-state index in [0.717, 1.165) is 17.9 Å². The predicted octanol–water partition coefficient (Wildman–Crippen LogP) is 3.40. The fourth-order valence-corrected chi connectivity index (χ4v) is 4.02. The zero-order valence-corrected chi connectivity index (χ0v) is 14.5. The minimum absolute atomic E-state index is 0.0966. The molecule has 0 amide bonds. The first kappa shape index (κ1) is 17.1. The third-order valence-electron chi connectivity index (χ3n) is 4.25. The Morgan fingerprint density at radius 3 is 2.68 bits per heavy atom. The van der Waals surface area contributed by atoms with Gasteiger partial charge >= 0.3 is 0 Å². The number of nitrogens with zero attached hydrogens (tertiary/aromatic N) is 1. The second kappa shape index (κ2) is 5.97. The van der Waals surface area contributed by atoms with Gasteiger partial charge in [-0.3, -0.25) is 0 Å². The van der Waals surface area contributed by atoms with E-state index in [4.69, 9.17) is 10.7 Å². The molecule has 7 heteroatoms. The van der Waals surface area contributed by atoms with Crippen molar-refractivity contribution in [3.05, 3.63) is 52.8 Å². The number of hydrogen-bond acceptors (Lipinski definition) is 5. The number of nitriles is 1. The van der Waals surface area contributed by atoms with Crippen LogP contribution in [0.15, 0.2) is 35.2 Å². The van der Waals surface area contributed by atoms with E-state index in [1.807, 2.05) is 13.0 Å². The van der Waals surface area contributed by atoms with E-state index in [0.29, 0.717) is 23.4 Å². The van der Waals surface area contributed by atoms with Gasteiger partial charge in [0, 0.05) is 34.8 Å². The van der Waals surface area contributed by atoms with Crippen molar-refractivity contribution in [2.24, 2.45) is 5.92 Å². The summed E-state index contributed by atoms with van der Waals surface area (Å²) in [4.78, 5) is 0.138. The molecular weight excluding hydrogens is 341 g/mol. The quantitative estimate of drug-likeness (QED) is 0.880. The second-order valence-electron chi connectivity index (χ2n) is 6.22. The van der Waals surface area contributed by atoms with Crippen LogP contribution in [0.4, 0.5) is 15.8 Å². The van der Waals surface area contributed by atoms with Crippen molar-refractivity contribution in [1.29, 1.82) is 10.7 Å². The lowest BCUT2D eigenvalue weighted by Crippen LogP contribution is -2.09. The Labute approximate surface area is 145 Å². The van der Waals surface area contributed by atoms with Crippen LogP contribution < -0.4 is 5.32 Å². The molecule has 0 radical (unpaired) electrons. The Bertz CT molecular complexity index is 1040. The van der Waals surface area contributed by atoms with Gasteiger partial charge in [-0.1, -0.05) is 6.92 Å². The highest BCUT2D eigenvalue weighted by atomic mass is 32.2. The third-order valence-corrected chi connectivity index (χ3v) is 5.39. The minimum Gasteiger partial charge on any atom is -0.355 e. The summed E-state index contributed by atoms with van der Waals surface area (Å²) in [6.07, 6.45) is 1.65. The van der Waals surface area contributed by atoms with E-state index in [2.05, 4.69) is 5.32 Å². The van der Waals surface area contributed by atoms with E-state index >= 15 is 0 Å². The molecule has 2 aromatic rings. The van der Waals surface area contributed by atoms with Crippen molar-refractivity contribution in [1.82, 2.24) is 0 Å². The van der Waals surface area contributed by atoms with Crippen LogP contribution in [-0.2, 0) is 16.3 Å². The van der Waals surface area contributed by atoms with Gasteiger partial charge in [-0.25, -0.2) is 12.8 Å². The van der Waals surface area contributed by atoms with E-state index < -0.39 is 15.7 Å². The lowest BCUT2D eigenvalue weighted by molar-refractivity contribution is 0.601. The maximum absolute atomic E-state index is 13.6. The van der Waals surface area contributed by atoms with Crippen molar-refractivity contribution in [2.45, 2.75) is 18.2 Å².